The van der Waals surface area contributed by atoms with E-state index in [1.165, 1.54) is 19.4 Å². The van der Waals surface area contributed by atoms with Crippen molar-refractivity contribution in [3.8, 4) is 0 Å². The number of hydrogen-bond donors (Lipinski definition) is 2. The van der Waals surface area contributed by atoms with Gasteiger partial charge in [-0.15, -0.1) is 0 Å². The fourth-order valence-corrected chi connectivity index (χ4v) is 3.04. The van der Waals surface area contributed by atoms with Crippen LogP contribution in [0, 0.1) is 10.8 Å². The van der Waals surface area contributed by atoms with Crippen LogP contribution in [0.1, 0.15) is 42.9 Å². The number of carboxylic acids is 1. The van der Waals surface area contributed by atoms with Crippen LogP contribution in [0.3, 0.4) is 0 Å². The lowest BCUT2D eigenvalue weighted by molar-refractivity contribution is 0.0666. The highest BCUT2D eigenvalue weighted by atomic mass is 16.5. The fraction of sp³-hybridized carbons (Fsp3) is 0.381. The number of carbonyl (C=O) groups is 1. The largest absolute Gasteiger partial charge is 0.494 e. The summed E-state index contributed by atoms with van der Waals surface area (Å²) in [5.41, 5.74) is 0.0476. The molecule has 0 fully saturated rings. The SMILES string of the molecule is COCC(C)(C)C(C)n1cc(C(=O)O)c(=O)cc1/C=C1\C=CC=C(OC)C1=N. The maximum absolute atomic E-state index is 12.3. The molecular weight excluding hydrogens is 360 g/mol. The molecule has 1 unspecified atom stereocenters. The first-order valence-electron chi connectivity index (χ1n) is 8.84. The lowest BCUT2D eigenvalue weighted by Gasteiger charge is -2.34. The van der Waals surface area contributed by atoms with Crippen LogP contribution in [0.5, 0.6) is 0 Å². The van der Waals surface area contributed by atoms with Gasteiger partial charge in [-0.1, -0.05) is 26.0 Å². The van der Waals surface area contributed by atoms with Crippen LogP contribution in [0.2, 0.25) is 0 Å². The quantitative estimate of drug-likeness (QED) is 0.749. The highest BCUT2D eigenvalue weighted by Crippen LogP contribution is 2.32. The van der Waals surface area contributed by atoms with Gasteiger partial charge in [0.2, 0.25) is 0 Å². The second-order valence-corrected chi connectivity index (χ2v) is 7.36. The zero-order valence-electron chi connectivity index (χ0n) is 16.8. The summed E-state index contributed by atoms with van der Waals surface area (Å²) in [4.78, 5) is 23.8. The first-order valence-corrected chi connectivity index (χ1v) is 8.84. The van der Waals surface area contributed by atoms with Gasteiger partial charge in [-0.2, -0.15) is 0 Å². The molecule has 7 nitrogen and oxygen atoms in total. The van der Waals surface area contributed by atoms with Crippen molar-refractivity contribution in [2.45, 2.75) is 26.8 Å². The highest BCUT2D eigenvalue weighted by Gasteiger charge is 2.29. The summed E-state index contributed by atoms with van der Waals surface area (Å²) >= 11 is 0. The lowest BCUT2D eigenvalue weighted by Crippen LogP contribution is -2.32. The van der Waals surface area contributed by atoms with Gasteiger partial charge in [0.15, 0.2) is 5.43 Å². The van der Waals surface area contributed by atoms with Crippen molar-refractivity contribution in [3.05, 3.63) is 63.3 Å². The fourth-order valence-electron chi connectivity index (χ4n) is 3.04. The van der Waals surface area contributed by atoms with Crippen molar-refractivity contribution in [1.29, 1.82) is 5.41 Å². The smallest absolute Gasteiger partial charge is 0.341 e. The molecule has 0 spiro atoms. The second kappa shape index (κ2) is 8.39. The molecule has 0 aliphatic heterocycles. The summed E-state index contributed by atoms with van der Waals surface area (Å²) in [5, 5.41) is 17.6. The highest BCUT2D eigenvalue weighted by molar-refractivity contribution is 6.14. The summed E-state index contributed by atoms with van der Waals surface area (Å²) in [5.74, 6) is -0.859. The van der Waals surface area contributed by atoms with E-state index in [4.69, 9.17) is 14.9 Å². The Hall–Kier alpha value is -2.93. The van der Waals surface area contributed by atoms with Gasteiger partial charge < -0.3 is 19.1 Å². The van der Waals surface area contributed by atoms with E-state index in [-0.39, 0.29) is 22.7 Å². The van der Waals surface area contributed by atoms with Crippen LogP contribution in [0.15, 0.2) is 46.6 Å². The Morgan fingerprint density at radius 3 is 2.64 bits per heavy atom. The molecular formula is C21H26N2O5. The number of nitrogens with zero attached hydrogens (tertiary/aromatic N) is 1. The van der Waals surface area contributed by atoms with Crippen molar-refractivity contribution in [1.82, 2.24) is 4.57 Å². The van der Waals surface area contributed by atoms with Crippen LogP contribution < -0.4 is 5.43 Å². The Labute approximate surface area is 164 Å². The number of pyridine rings is 1. The minimum atomic E-state index is -1.27. The van der Waals surface area contributed by atoms with Crippen LogP contribution in [-0.4, -0.2) is 42.2 Å². The third kappa shape index (κ3) is 4.31. The predicted molar refractivity (Wildman–Crippen MR) is 108 cm³/mol. The van der Waals surface area contributed by atoms with E-state index < -0.39 is 11.4 Å². The van der Waals surface area contributed by atoms with Crippen LogP contribution in [-0.2, 0) is 9.47 Å². The van der Waals surface area contributed by atoms with Gasteiger partial charge in [0, 0.05) is 42.1 Å². The molecule has 1 heterocycles. The van der Waals surface area contributed by atoms with Crippen molar-refractivity contribution in [3.63, 3.8) is 0 Å². The summed E-state index contributed by atoms with van der Waals surface area (Å²) in [6.07, 6.45) is 8.25. The standard InChI is InChI=1S/C21H26N2O5/c1-13(21(2,3)12-27-4)23-11-16(20(25)26)17(24)10-15(23)9-14-7-6-8-18(28-5)19(14)22/h6-11,13,22H,12H2,1-5H3,(H,25,26)/b14-9+,22-19?. The molecule has 2 rings (SSSR count). The van der Waals surface area contributed by atoms with Gasteiger partial charge in [-0.25, -0.2) is 4.79 Å². The van der Waals surface area contributed by atoms with Gasteiger partial charge in [-0.05, 0) is 19.1 Å². The number of aromatic carboxylic acids is 1. The van der Waals surface area contributed by atoms with Crippen LogP contribution >= 0.6 is 0 Å². The Balaban J connectivity index is 2.65. The number of hydrogen-bond acceptors (Lipinski definition) is 5. The molecule has 1 aromatic rings. The van der Waals surface area contributed by atoms with Gasteiger partial charge in [0.25, 0.3) is 0 Å². The second-order valence-electron chi connectivity index (χ2n) is 7.36. The predicted octanol–water partition coefficient (Wildman–Crippen LogP) is 3.28. The monoisotopic (exact) mass is 386 g/mol. The molecule has 1 aliphatic rings. The minimum Gasteiger partial charge on any atom is -0.494 e. The minimum absolute atomic E-state index is 0.183. The number of nitrogens with one attached hydrogen (secondary N) is 1. The maximum atomic E-state index is 12.3. The average molecular weight is 386 g/mol. The van der Waals surface area contributed by atoms with Gasteiger partial charge >= 0.3 is 5.97 Å². The average Bonchev–Trinajstić information content (AvgIpc) is 2.62. The summed E-state index contributed by atoms with van der Waals surface area (Å²) < 4.78 is 12.3. The molecule has 0 amide bonds. The normalized spacial score (nSPS) is 16.8. The third-order valence-electron chi connectivity index (χ3n) is 4.99. The summed E-state index contributed by atoms with van der Waals surface area (Å²) in [6, 6.07) is 1.11. The van der Waals surface area contributed by atoms with Gasteiger partial charge in [-0.3, -0.25) is 10.2 Å². The van der Waals surface area contributed by atoms with Crippen LogP contribution in [0.4, 0.5) is 0 Å². The topological polar surface area (TPSA) is 102 Å². The molecule has 1 aromatic heterocycles. The Bertz CT molecular complexity index is 935. The number of rotatable bonds is 7. The van der Waals surface area contributed by atoms with Crippen molar-refractivity contribution in [2.75, 3.05) is 20.8 Å². The molecule has 28 heavy (non-hydrogen) atoms. The lowest BCUT2D eigenvalue weighted by atomic mass is 9.85. The molecule has 2 N–H and O–H groups in total. The molecule has 0 radical (unpaired) electrons. The zero-order valence-corrected chi connectivity index (χ0v) is 16.8. The number of carboxylic acid groups (broad SMARTS) is 1. The summed E-state index contributed by atoms with van der Waals surface area (Å²) in [6.45, 7) is 6.40. The first kappa shape index (κ1) is 21.4. The van der Waals surface area contributed by atoms with Gasteiger partial charge in [0.1, 0.15) is 17.0 Å². The van der Waals surface area contributed by atoms with E-state index in [1.54, 1.807) is 36.0 Å². The van der Waals surface area contributed by atoms with E-state index in [1.807, 2.05) is 20.8 Å². The van der Waals surface area contributed by atoms with Crippen LogP contribution in [0.25, 0.3) is 6.08 Å². The number of methoxy groups -OCH3 is 2. The van der Waals surface area contributed by atoms with Gasteiger partial charge in [0.05, 0.1) is 13.7 Å². The molecule has 1 aliphatic carbocycles. The first-order chi connectivity index (χ1) is 13.1. The Morgan fingerprint density at radius 2 is 2.07 bits per heavy atom. The van der Waals surface area contributed by atoms with E-state index >= 15 is 0 Å². The molecule has 0 bridgehead atoms. The van der Waals surface area contributed by atoms with E-state index in [0.29, 0.717) is 23.6 Å². The molecule has 150 valence electrons. The van der Waals surface area contributed by atoms with E-state index in [2.05, 4.69) is 0 Å². The van der Waals surface area contributed by atoms with E-state index in [0.717, 1.165) is 0 Å². The zero-order chi connectivity index (χ0) is 21.1. The Kier molecular flexibility index (Phi) is 6.41. The maximum Gasteiger partial charge on any atom is 0.341 e. The van der Waals surface area contributed by atoms with Crippen molar-refractivity contribution >= 4 is 17.8 Å². The third-order valence-corrected chi connectivity index (χ3v) is 4.99. The molecule has 0 saturated carbocycles. The van der Waals surface area contributed by atoms with Crippen molar-refractivity contribution < 1.29 is 19.4 Å². The number of aromatic nitrogens is 1. The summed E-state index contributed by atoms with van der Waals surface area (Å²) in [7, 11) is 3.10. The number of allylic oxidation sites excluding steroid dienone is 4. The Morgan fingerprint density at radius 1 is 1.39 bits per heavy atom. The molecule has 1 atom stereocenters. The molecule has 0 saturated heterocycles. The molecule has 0 aromatic carbocycles. The van der Waals surface area contributed by atoms with Crippen molar-refractivity contribution in [2.24, 2.45) is 5.41 Å². The van der Waals surface area contributed by atoms with E-state index in [9.17, 15) is 14.7 Å². The number of ether oxygens (including phenoxy) is 2. The molecule has 7 heteroatoms.